The normalized spacial score (nSPS) is 18.3. The Bertz CT molecular complexity index is 776. The van der Waals surface area contributed by atoms with E-state index in [0.29, 0.717) is 0 Å². The van der Waals surface area contributed by atoms with Crippen molar-refractivity contribution in [3.05, 3.63) is 59.3 Å². The molecule has 0 spiro atoms. The van der Waals surface area contributed by atoms with E-state index in [9.17, 15) is 4.79 Å². The fourth-order valence-electron chi connectivity index (χ4n) is 3.16. The lowest BCUT2D eigenvalue weighted by molar-refractivity contribution is 0.0678. The summed E-state index contributed by atoms with van der Waals surface area (Å²) in [6, 6.07) is 8.16. The van der Waals surface area contributed by atoms with Crippen LogP contribution in [-0.4, -0.2) is 38.2 Å². The quantitative estimate of drug-likeness (QED) is 0.742. The van der Waals surface area contributed by atoms with E-state index in [2.05, 4.69) is 5.10 Å². The van der Waals surface area contributed by atoms with Crippen LogP contribution < -0.4 is 0 Å². The number of carbonyl (C=O) groups is 1. The molecule has 0 N–H and O–H groups in total. The molecule has 4 rings (SSSR count). The lowest BCUT2D eigenvalue weighted by Gasteiger charge is -2.32. The molecule has 1 aliphatic heterocycles. The predicted molar refractivity (Wildman–Crippen MR) is 90.0 cm³/mol. The molecule has 118 valence electrons. The van der Waals surface area contributed by atoms with E-state index >= 15 is 0 Å². The lowest BCUT2D eigenvalue weighted by atomic mass is 10.1. The van der Waals surface area contributed by atoms with E-state index in [1.165, 1.54) is 11.3 Å². The second-order valence-corrected chi connectivity index (χ2v) is 6.67. The van der Waals surface area contributed by atoms with Crippen molar-refractivity contribution < 1.29 is 4.79 Å². The SMILES string of the molecule is O=C(c1sccc1-n1cccc1)N1CCC[C@H](n2cccn2)C1. The summed E-state index contributed by atoms with van der Waals surface area (Å²) in [6.07, 6.45) is 9.81. The second-order valence-electron chi connectivity index (χ2n) is 5.76. The number of likely N-dealkylation sites (tertiary alicyclic amines) is 1. The Balaban J connectivity index is 1.56. The third kappa shape index (κ3) is 2.70. The summed E-state index contributed by atoms with van der Waals surface area (Å²) < 4.78 is 3.97. The van der Waals surface area contributed by atoms with Gasteiger partial charge in [0.15, 0.2) is 0 Å². The zero-order valence-electron chi connectivity index (χ0n) is 12.7. The smallest absolute Gasteiger partial charge is 0.266 e. The van der Waals surface area contributed by atoms with Crippen LogP contribution in [-0.2, 0) is 0 Å². The number of rotatable bonds is 3. The van der Waals surface area contributed by atoms with E-state index in [-0.39, 0.29) is 11.9 Å². The summed E-state index contributed by atoms with van der Waals surface area (Å²) in [7, 11) is 0. The zero-order valence-corrected chi connectivity index (χ0v) is 13.5. The van der Waals surface area contributed by atoms with Gasteiger partial charge in [0.1, 0.15) is 4.88 Å². The van der Waals surface area contributed by atoms with Crippen molar-refractivity contribution in [3.63, 3.8) is 0 Å². The highest BCUT2D eigenvalue weighted by molar-refractivity contribution is 7.12. The Labute approximate surface area is 138 Å². The highest BCUT2D eigenvalue weighted by atomic mass is 32.1. The zero-order chi connectivity index (χ0) is 15.6. The number of piperidine rings is 1. The van der Waals surface area contributed by atoms with Crippen LogP contribution in [0.4, 0.5) is 0 Å². The Hall–Kier alpha value is -2.34. The molecule has 5 nitrogen and oxygen atoms in total. The molecule has 0 aliphatic carbocycles. The molecule has 1 atom stereocenters. The first-order valence-corrected chi connectivity index (χ1v) is 8.70. The van der Waals surface area contributed by atoms with Gasteiger partial charge < -0.3 is 9.47 Å². The maximum absolute atomic E-state index is 13.0. The van der Waals surface area contributed by atoms with E-state index < -0.39 is 0 Å². The molecule has 3 aromatic rings. The Morgan fingerprint density at radius 3 is 2.87 bits per heavy atom. The monoisotopic (exact) mass is 326 g/mol. The molecule has 1 fully saturated rings. The van der Waals surface area contributed by atoms with Gasteiger partial charge in [0.05, 0.1) is 11.7 Å². The van der Waals surface area contributed by atoms with Gasteiger partial charge in [-0.05, 0) is 42.5 Å². The van der Waals surface area contributed by atoms with Crippen molar-refractivity contribution in [2.75, 3.05) is 13.1 Å². The summed E-state index contributed by atoms with van der Waals surface area (Å²) in [4.78, 5) is 15.8. The van der Waals surface area contributed by atoms with Crippen LogP contribution in [0.1, 0.15) is 28.6 Å². The van der Waals surface area contributed by atoms with Crippen molar-refractivity contribution in [3.8, 4) is 5.69 Å². The van der Waals surface area contributed by atoms with Gasteiger partial charge in [-0.25, -0.2) is 0 Å². The molecule has 0 aromatic carbocycles. The molecule has 0 bridgehead atoms. The summed E-state index contributed by atoms with van der Waals surface area (Å²) >= 11 is 1.51. The van der Waals surface area contributed by atoms with Crippen molar-refractivity contribution >= 4 is 17.2 Å². The van der Waals surface area contributed by atoms with E-state index in [4.69, 9.17) is 0 Å². The van der Waals surface area contributed by atoms with Gasteiger partial charge in [0.25, 0.3) is 5.91 Å². The molecule has 6 heteroatoms. The van der Waals surface area contributed by atoms with E-state index in [1.807, 2.05) is 62.4 Å². The van der Waals surface area contributed by atoms with Crippen molar-refractivity contribution in [2.24, 2.45) is 0 Å². The first kappa shape index (κ1) is 14.3. The third-order valence-corrected chi connectivity index (χ3v) is 5.20. The summed E-state index contributed by atoms with van der Waals surface area (Å²) in [6.45, 7) is 1.54. The lowest BCUT2D eigenvalue weighted by Crippen LogP contribution is -2.40. The largest absolute Gasteiger partial charge is 0.336 e. The summed E-state index contributed by atoms with van der Waals surface area (Å²) in [5, 5.41) is 6.32. The third-order valence-electron chi connectivity index (χ3n) is 4.30. The molecule has 0 saturated carbocycles. The predicted octanol–water partition coefficient (Wildman–Crippen LogP) is 3.21. The first-order valence-electron chi connectivity index (χ1n) is 7.82. The molecule has 1 amide bonds. The van der Waals surface area contributed by atoms with Crippen LogP contribution in [0.2, 0.25) is 0 Å². The maximum atomic E-state index is 13.0. The first-order chi connectivity index (χ1) is 11.3. The number of amides is 1. The van der Waals surface area contributed by atoms with E-state index in [0.717, 1.165) is 36.5 Å². The van der Waals surface area contributed by atoms with Crippen LogP contribution in [0.25, 0.3) is 5.69 Å². The van der Waals surface area contributed by atoms with Gasteiger partial charge in [0.2, 0.25) is 0 Å². The Morgan fingerprint density at radius 2 is 2.09 bits per heavy atom. The number of carbonyl (C=O) groups excluding carboxylic acids is 1. The molecule has 4 heterocycles. The molecule has 1 aliphatic rings. The molecular weight excluding hydrogens is 308 g/mol. The van der Waals surface area contributed by atoms with Gasteiger partial charge in [-0.15, -0.1) is 11.3 Å². The van der Waals surface area contributed by atoms with Crippen LogP contribution in [0, 0.1) is 0 Å². The number of thiophene rings is 1. The second kappa shape index (κ2) is 6.04. The van der Waals surface area contributed by atoms with Gasteiger partial charge in [-0.3, -0.25) is 9.48 Å². The molecule has 23 heavy (non-hydrogen) atoms. The standard InChI is InChI=1S/C17H18N4OS/c22-17(16-15(6-12-23-16)19-8-1-2-9-19)20-10-3-5-14(13-20)21-11-4-7-18-21/h1-2,4,6-9,11-12,14H,3,5,10,13H2/t14-/m0/s1. The van der Waals surface area contributed by atoms with Gasteiger partial charge in [-0.1, -0.05) is 0 Å². The molecule has 0 unspecified atom stereocenters. The van der Waals surface area contributed by atoms with Gasteiger partial charge >= 0.3 is 0 Å². The highest BCUT2D eigenvalue weighted by Crippen LogP contribution is 2.27. The van der Waals surface area contributed by atoms with E-state index in [1.54, 1.807) is 6.20 Å². The van der Waals surface area contributed by atoms with Crippen LogP contribution >= 0.6 is 11.3 Å². The Kier molecular flexibility index (Phi) is 3.75. The fraction of sp³-hybridized carbons (Fsp3) is 0.294. The fourth-order valence-corrected chi connectivity index (χ4v) is 4.01. The minimum absolute atomic E-state index is 0.126. The minimum atomic E-state index is 0.126. The average molecular weight is 326 g/mol. The minimum Gasteiger partial charge on any atom is -0.336 e. The average Bonchev–Trinajstić information content (AvgIpc) is 3.35. The maximum Gasteiger partial charge on any atom is 0.266 e. The van der Waals surface area contributed by atoms with Gasteiger partial charge in [-0.2, -0.15) is 5.10 Å². The summed E-state index contributed by atoms with van der Waals surface area (Å²) in [5.74, 6) is 0.126. The van der Waals surface area contributed by atoms with Crippen LogP contribution in [0.3, 0.4) is 0 Å². The number of hydrogen-bond donors (Lipinski definition) is 0. The number of hydrogen-bond acceptors (Lipinski definition) is 3. The number of aromatic nitrogens is 3. The summed E-state index contributed by atoms with van der Waals surface area (Å²) in [5.41, 5.74) is 0.964. The molecule has 1 saturated heterocycles. The topological polar surface area (TPSA) is 43.1 Å². The van der Waals surface area contributed by atoms with Crippen molar-refractivity contribution in [2.45, 2.75) is 18.9 Å². The Morgan fingerprint density at radius 1 is 1.22 bits per heavy atom. The van der Waals surface area contributed by atoms with Gasteiger partial charge in [0, 0.05) is 37.9 Å². The van der Waals surface area contributed by atoms with Crippen LogP contribution in [0.15, 0.2) is 54.4 Å². The molecule has 0 radical (unpaired) electrons. The molecular formula is C17H18N4OS. The highest BCUT2D eigenvalue weighted by Gasteiger charge is 2.27. The molecule has 3 aromatic heterocycles. The van der Waals surface area contributed by atoms with Crippen molar-refractivity contribution in [1.82, 2.24) is 19.2 Å². The van der Waals surface area contributed by atoms with Crippen molar-refractivity contribution in [1.29, 1.82) is 0 Å². The number of nitrogens with zero attached hydrogens (tertiary/aromatic N) is 4. The van der Waals surface area contributed by atoms with Crippen LogP contribution in [0.5, 0.6) is 0 Å².